The van der Waals surface area contributed by atoms with Gasteiger partial charge in [0.1, 0.15) is 5.60 Å². The van der Waals surface area contributed by atoms with Gasteiger partial charge in [0, 0.05) is 82.8 Å². The number of ether oxygens (including phenoxy) is 2. The summed E-state index contributed by atoms with van der Waals surface area (Å²) in [4.78, 5) is 42.1. The van der Waals surface area contributed by atoms with Crippen molar-refractivity contribution in [3.63, 3.8) is 0 Å². The van der Waals surface area contributed by atoms with Gasteiger partial charge in [0.25, 0.3) is 5.91 Å². The largest absolute Gasteiger partial charge is 0.490 e. The summed E-state index contributed by atoms with van der Waals surface area (Å²) >= 11 is 0. The van der Waals surface area contributed by atoms with Crippen LogP contribution in [-0.4, -0.2) is 108 Å². The number of halogens is 3. The average Bonchev–Trinajstić information content (AvgIpc) is 3.02. The zero-order valence-corrected chi connectivity index (χ0v) is 27.4. The molecule has 1 N–H and O–H groups in total. The maximum Gasteiger partial charge on any atom is 0.490 e. The van der Waals surface area contributed by atoms with E-state index in [-0.39, 0.29) is 17.6 Å². The molecule has 258 valence electrons. The molecule has 46 heavy (non-hydrogen) atoms. The fraction of sp³-hybridized carbons (Fsp3) is 0.735. The van der Waals surface area contributed by atoms with E-state index >= 15 is 0 Å². The van der Waals surface area contributed by atoms with Crippen LogP contribution in [-0.2, 0) is 14.3 Å². The van der Waals surface area contributed by atoms with E-state index in [1.165, 1.54) is 12.8 Å². The van der Waals surface area contributed by atoms with E-state index in [1.807, 2.05) is 41.8 Å². The summed E-state index contributed by atoms with van der Waals surface area (Å²) < 4.78 is 43.7. The van der Waals surface area contributed by atoms with Crippen molar-refractivity contribution >= 4 is 18.0 Å². The Labute approximate surface area is 270 Å². The van der Waals surface area contributed by atoms with E-state index in [2.05, 4.69) is 11.8 Å². The molecule has 12 heteroatoms. The second kappa shape index (κ2) is 15.8. The molecule has 1 aromatic rings. The molecule has 0 radical (unpaired) electrons. The first-order valence-electron chi connectivity index (χ1n) is 16.8. The maximum absolute atomic E-state index is 13.3. The number of rotatable bonds is 7. The van der Waals surface area contributed by atoms with Gasteiger partial charge < -0.3 is 24.4 Å². The Morgan fingerprint density at radius 1 is 1.00 bits per heavy atom. The molecule has 1 aromatic carbocycles. The molecule has 1 atom stereocenters. The number of nitrogens with zero attached hydrogens (tertiary/aromatic N) is 3. The van der Waals surface area contributed by atoms with Gasteiger partial charge in [-0.2, -0.15) is 13.2 Å². The summed E-state index contributed by atoms with van der Waals surface area (Å²) in [5, 5.41) is 7.12. The van der Waals surface area contributed by atoms with Gasteiger partial charge in [-0.05, 0) is 63.0 Å². The van der Waals surface area contributed by atoms with Crippen LogP contribution in [0.4, 0.5) is 18.0 Å². The Hall–Kier alpha value is -2.86. The summed E-state index contributed by atoms with van der Waals surface area (Å²) in [5.74, 6) is -1.64. The number of unbranched alkanes of at least 4 members (excludes halogenated alkanes) is 1. The lowest BCUT2D eigenvalue weighted by molar-refractivity contribution is -0.192. The van der Waals surface area contributed by atoms with Crippen molar-refractivity contribution in [3.05, 3.63) is 34.9 Å². The number of likely N-dealkylation sites (tertiary alicyclic amines) is 2. The van der Waals surface area contributed by atoms with Crippen LogP contribution < -0.4 is 0 Å². The maximum atomic E-state index is 13.3. The average molecular weight is 654 g/mol. The second-order valence-electron chi connectivity index (χ2n) is 13.4. The number of carboxylic acids is 1. The van der Waals surface area contributed by atoms with Gasteiger partial charge in [-0.15, -0.1) is 0 Å². The van der Waals surface area contributed by atoms with Crippen LogP contribution in [0.2, 0.25) is 0 Å². The van der Waals surface area contributed by atoms with E-state index in [4.69, 9.17) is 19.4 Å². The van der Waals surface area contributed by atoms with Crippen LogP contribution in [0.15, 0.2) is 18.2 Å². The number of alkyl halides is 3. The minimum absolute atomic E-state index is 0.0963. The molecule has 4 fully saturated rings. The lowest BCUT2D eigenvalue weighted by Gasteiger charge is -2.52. The molecule has 0 saturated carbocycles. The lowest BCUT2D eigenvalue weighted by atomic mass is 9.75. The number of carboxylic acid groups (broad SMARTS) is 1. The molecule has 4 aliphatic rings. The molecule has 1 unspecified atom stereocenters. The van der Waals surface area contributed by atoms with Crippen molar-refractivity contribution < 1.29 is 42.1 Å². The van der Waals surface area contributed by atoms with Gasteiger partial charge in [0.2, 0.25) is 0 Å². The topological polar surface area (TPSA) is 99.6 Å². The van der Waals surface area contributed by atoms with Crippen molar-refractivity contribution in [2.75, 3.05) is 52.5 Å². The minimum atomic E-state index is -5.08. The third-order valence-electron chi connectivity index (χ3n) is 10.3. The van der Waals surface area contributed by atoms with Crippen LogP contribution in [0.5, 0.6) is 0 Å². The first-order valence-corrected chi connectivity index (χ1v) is 16.8. The van der Waals surface area contributed by atoms with Crippen LogP contribution in [0.1, 0.15) is 86.2 Å². The summed E-state index contributed by atoms with van der Waals surface area (Å²) in [6.45, 7) is 13.2. The van der Waals surface area contributed by atoms with Crippen molar-refractivity contribution in [2.24, 2.45) is 11.8 Å². The smallest absolute Gasteiger partial charge is 0.475 e. The predicted octanol–water partition coefficient (Wildman–Crippen LogP) is 6.06. The quantitative estimate of drug-likeness (QED) is 0.382. The SMILES string of the molecule is CCCCC1CN(CC2CCOCC2)C(=O)OC12CCN(C1CCN(C(=O)c3c(C)cccc3C)CC1)CC2.O=C(O)C(F)(F)F. The first kappa shape index (κ1) is 36.0. The monoisotopic (exact) mass is 653 g/mol. The zero-order valence-electron chi connectivity index (χ0n) is 27.4. The Kier molecular flexibility index (Phi) is 12.4. The Morgan fingerprint density at radius 3 is 2.13 bits per heavy atom. The number of aliphatic carboxylic acids is 1. The Balaban J connectivity index is 0.000000617. The molecule has 2 amide bonds. The first-order chi connectivity index (χ1) is 21.8. The normalized spacial score (nSPS) is 23.1. The van der Waals surface area contributed by atoms with Gasteiger partial charge >= 0.3 is 18.2 Å². The number of aryl methyl sites for hydroxylation is 2. The van der Waals surface area contributed by atoms with E-state index < -0.39 is 12.1 Å². The molecule has 5 rings (SSSR count). The molecule has 0 bridgehead atoms. The van der Waals surface area contributed by atoms with Crippen molar-refractivity contribution in [3.8, 4) is 0 Å². The van der Waals surface area contributed by atoms with Crippen LogP contribution in [0, 0.1) is 25.7 Å². The molecule has 4 heterocycles. The predicted molar refractivity (Wildman–Crippen MR) is 167 cm³/mol. The molecule has 9 nitrogen and oxygen atoms in total. The van der Waals surface area contributed by atoms with E-state index in [9.17, 15) is 22.8 Å². The highest BCUT2D eigenvalue weighted by Gasteiger charge is 2.50. The lowest BCUT2D eigenvalue weighted by Crippen LogP contribution is -2.61. The third-order valence-corrected chi connectivity index (χ3v) is 10.3. The fourth-order valence-corrected chi connectivity index (χ4v) is 7.55. The van der Waals surface area contributed by atoms with E-state index in [0.29, 0.717) is 17.9 Å². The summed E-state index contributed by atoms with van der Waals surface area (Å²) in [6.07, 6.45) is 4.28. The zero-order chi connectivity index (χ0) is 33.5. The number of amides is 2. The highest BCUT2D eigenvalue weighted by atomic mass is 19.4. The van der Waals surface area contributed by atoms with Crippen molar-refractivity contribution in [2.45, 2.75) is 96.4 Å². The summed E-state index contributed by atoms with van der Waals surface area (Å²) in [7, 11) is 0. The molecule has 1 spiro atoms. The highest BCUT2D eigenvalue weighted by molar-refractivity contribution is 5.97. The van der Waals surface area contributed by atoms with Gasteiger partial charge in [0.05, 0.1) is 0 Å². The molecule has 4 aliphatic heterocycles. The van der Waals surface area contributed by atoms with E-state index in [0.717, 1.165) is 114 Å². The standard InChI is InChI=1S/C32H49N3O4.C2HF3O2/c1-4-5-9-27-23-35(22-26-12-20-38-21-13-26)31(37)39-32(27)14-18-33(19-15-32)28-10-16-34(17-11-28)30(36)29-24(2)7-6-8-25(29)3;3-2(4,5)1(6)7/h6-8,26-28H,4-5,9-23H2,1-3H3;(H,6,7). The number of benzene rings is 1. The van der Waals surface area contributed by atoms with Crippen molar-refractivity contribution in [1.82, 2.24) is 14.7 Å². The molecule has 0 aliphatic carbocycles. The molecule has 4 saturated heterocycles. The number of carbonyl (C=O) groups excluding carboxylic acids is 2. The van der Waals surface area contributed by atoms with Crippen LogP contribution >= 0.6 is 0 Å². The molecular weight excluding hydrogens is 603 g/mol. The summed E-state index contributed by atoms with van der Waals surface area (Å²) in [6, 6.07) is 6.60. The number of hydrogen-bond acceptors (Lipinski definition) is 6. The van der Waals surface area contributed by atoms with Gasteiger partial charge in [0.15, 0.2) is 0 Å². The fourth-order valence-electron chi connectivity index (χ4n) is 7.55. The summed E-state index contributed by atoms with van der Waals surface area (Å²) in [5.41, 5.74) is 2.69. The number of hydrogen-bond donors (Lipinski definition) is 1. The van der Waals surface area contributed by atoms with Crippen LogP contribution in [0.25, 0.3) is 0 Å². The number of piperidine rings is 2. The van der Waals surface area contributed by atoms with Gasteiger partial charge in [-0.3, -0.25) is 9.69 Å². The van der Waals surface area contributed by atoms with Crippen LogP contribution in [0.3, 0.4) is 0 Å². The molecular formula is C34H50F3N3O6. The van der Waals surface area contributed by atoms with E-state index in [1.54, 1.807) is 0 Å². The number of carbonyl (C=O) groups is 3. The highest BCUT2D eigenvalue weighted by Crippen LogP contribution is 2.42. The second-order valence-corrected chi connectivity index (χ2v) is 13.4. The minimum Gasteiger partial charge on any atom is -0.475 e. The van der Waals surface area contributed by atoms with Gasteiger partial charge in [-0.1, -0.05) is 38.0 Å². The third kappa shape index (κ3) is 8.93. The Bertz CT molecular complexity index is 1170. The van der Waals surface area contributed by atoms with Gasteiger partial charge in [-0.25, -0.2) is 9.59 Å². The molecule has 0 aromatic heterocycles. The van der Waals surface area contributed by atoms with Crippen molar-refractivity contribution in [1.29, 1.82) is 0 Å². The Morgan fingerprint density at radius 2 is 1.59 bits per heavy atom.